The van der Waals surface area contributed by atoms with Gasteiger partial charge in [0.15, 0.2) is 11.5 Å². The van der Waals surface area contributed by atoms with Crippen LogP contribution in [0.1, 0.15) is 31.7 Å². The molecule has 1 aliphatic heterocycles. The van der Waals surface area contributed by atoms with Crippen LogP contribution < -0.4 is 5.32 Å². The van der Waals surface area contributed by atoms with Crippen molar-refractivity contribution in [3.05, 3.63) is 54.5 Å². The maximum absolute atomic E-state index is 14.4. The number of halogens is 2. The van der Waals surface area contributed by atoms with Gasteiger partial charge in [0.1, 0.15) is 11.6 Å². The molecule has 4 aromatic rings. The van der Waals surface area contributed by atoms with Crippen molar-refractivity contribution in [2.24, 2.45) is 5.92 Å². The van der Waals surface area contributed by atoms with Gasteiger partial charge >= 0.3 is 0 Å². The summed E-state index contributed by atoms with van der Waals surface area (Å²) >= 11 is 0. The van der Waals surface area contributed by atoms with Gasteiger partial charge in [0.05, 0.1) is 29.7 Å². The molecule has 0 radical (unpaired) electrons. The molecule has 2 aliphatic rings. The van der Waals surface area contributed by atoms with Gasteiger partial charge in [-0.05, 0) is 43.7 Å². The van der Waals surface area contributed by atoms with E-state index in [0.717, 1.165) is 37.5 Å². The Kier molecular flexibility index (Phi) is 5.01. The summed E-state index contributed by atoms with van der Waals surface area (Å²) in [5.41, 5.74) is 0.893. The molecule has 1 N–H and O–H groups in total. The van der Waals surface area contributed by atoms with Crippen molar-refractivity contribution in [1.29, 1.82) is 0 Å². The van der Waals surface area contributed by atoms with Crippen LogP contribution in [0.15, 0.2) is 42.9 Å². The molecule has 33 heavy (non-hydrogen) atoms. The molecule has 0 atom stereocenters. The number of rotatable bonds is 6. The third-order valence-corrected chi connectivity index (χ3v) is 6.44. The third kappa shape index (κ3) is 4.06. The number of nitrogens with one attached hydrogen (secondary N) is 1. The first-order chi connectivity index (χ1) is 16.1. The quantitative estimate of drug-likeness (QED) is 0.478. The third-order valence-electron chi connectivity index (χ3n) is 6.44. The van der Waals surface area contributed by atoms with Gasteiger partial charge in [-0.1, -0.05) is 6.07 Å². The second kappa shape index (κ2) is 8.18. The molecule has 6 rings (SSSR count). The summed E-state index contributed by atoms with van der Waals surface area (Å²) in [4.78, 5) is 11.2. The van der Waals surface area contributed by atoms with E-state index < -0.39 is 11.6 Å². The van der Waals surface area contributed by atoms with Crippen molar-refractivity contribution in [3.8, 4) is 11.4 Å². The van der Waals surface area contributed by atoms with E-state index in [4.69, 9.17) is 0 Å². The number of nitrogens with zero attached hydrogens (tertiary/aromatic N) is 7. The van der Waals surface area contributed by atoms with Gasteiger partial charge in [-0.2, -0.15) is 19.7 Å². The van der Waals surface area contributed by atoms with Crippen molar-refractivity contribution in [3.63, 3.8) is 0 Å². The number of benzene rings is 1. The zero-order valence-corrected chi connectivity index (χ0v) is 18.0. The van der Waals surface area contributed by atoms with Crippen LogP contribution in [0.4, 0.5) is 20.4 Å². The summed E-state index contributed by atoms with van der Waals surface area (Å²) in [6, 6.07) is 5.71. The monoisotopic (exact) mass is 450 g/mol. The first-order valence-electron chi connectivity index (χ1n) is 11.3. The molecule has 0 spiro atoms. The van der Waals surface area contributed by atoms with Gasteiger partial charge in [-0.15, -0.1) is 0 Å². The molecule has 1 aliphatic carbocycles. The van der Waals surface area contributed by atoms with Gasteiger partial charge in [0.2, 0.25) is 5.95 Å². The number of aromatic nitrogens is 6. The van der Waals surface area contributed by atoms with Crippen LogP contribution in [0.5, 0.6) is 0 Å². The van der Waals surface area contributed by atoms with Crippen LogP contribution >= 0.6 is 0 Å². The van der Waals surface area contributed by atoms with E-state index in [0.29, 0.717) is 17.6 Å². The normalized spacial score (nSPS) is 17.6. The average molecular weight is 450 g/mol. The zero-order valence-electron chi connectivity index (χ0n) is 18.0. The fraction of sp³-hybridized carbons (Fsp3) is 0.391. The van der Waals surface area contributed by atoms with E-state index in [2.05, 4.69) is 30.4 Å². The van der Waals surface area contributed by atoms with Gasteiger partial charge in [0, 0.05) is 31.9 Å². The topological polar surface area (TPSA) is 76.2 Å². The lowest BCUT2D eigenvalue weighted by Gasteiger charge is -2.32. The van der Waals surface area contributed by atoms with E-state index in [-0.39, 0.29) is 11.4 Å². The van der Waals surface area contributed by atoms with Gasteiger partial charge in [0.25, 0.3) is 0 Å². The Morgan fingerprint density at radius 2 is 1.76 bits per heavy atom. The van der Waals surface area contributed by atoms with Gasteiger partial charge < -0.3 is 10.2 Å². The molecular formula is C23H24F2N8. The number of anilines is 2. The van der Waals surface area contributed by atoms with E-state index in [1.54, 1.807) is 18.5 Å². The molecule has 1 aromatic carbocycles. The Hall–Kier alpha value is -3.40. The standard InChI is InChI=1S/C23H24F2N8/c24-18-2-1-3-19(25)21(18)22-29-20-6-9-26-33(20)23(30-22)28-16-12-27-32(14-16)17-7-10-31(11-8-17)13-15-4-5-15/h1-3,6,9,12,14-15,17H,4-5,7-8,10-11,13H2,(H,28,29,30). The Balaban J connectivity index is 1.24. The number of piperidine rings is 1. The smallest absolute Gasteiger partial charge is 0.232 e. The highest BCUT2D eigenvalue weighted by Crippen LogP contribution is 2.32. The molecular weight excluding hydrogens is 426 g/mol. The highest BCUT2D eigenvalue weighted by molar-refractivity contribution is 5.63. The molecule has 4 heterocycles. The largest absolute Gasteiger partial charge is 0.321 e. The highest BCUT2D eigenvalue weighted by Gasteiger charge is 2.28. The molecule has 8 nitrogen and oxygen atoms in total. The van der Waals surface area contributed by atoms with E-state index >= 15 is 0 Å². The van der Waals surface area contributed by atoms with Crippen LogP contribution in [0.3, 0.4) is 0 Å². The van der Waals surface area contributed by atoms with Crippen LogP contribution in [0, 0.1) is 17.6 Å². The van der Waals surface area contributed by atoms with E-state index in [1.165, 1.54) is 42.1 Å². The predicted octanol–water partition coefficient (Wildman–Crippen LogP) is 4.06. The number of hydrogen-bond donors (Lipinski definition) is 1. The Bertz CT molecular complexity index is 1270. The minimum Gasteiger partial charge on any atom is -0.321 e. The van der Waals surface area contributed by atoms with Crippen molar-refractivity contribution in [2.75, 3.05) is 25.0 Å². The molecule has 10 heteroatoms. The van der Waals surface area contributed by atoms with Gasteiger partial charge in [-0.25, -0.2) is 13.8 Å². The molecule has 2 fully saturated rings. The molecule has 1 saturated carbocycles. The van der Waals surface area contributed by atoms with Crippen molar-refractivity contribution in [2.45, 2.75) is 31.7 Å². The van der Waals surface area contributed by atoms with Crippen LogP contribution in [-0.4, -0.2) is 53.9 Å². The predicted molar refractivity (Wildman–Crippen MR) is 119 cm³/mol. The van der Waals surface area contributed by atoms with Crippen molar-refractivity contribution in [1.82, 2.24) is 34.3 Å². The number of hydrogen-bond acceptors (Lipinski definition) is 6. The lowest BCUT2D eigenvalue weighted by atomic mass is 10.1. The summed E-state index contributed by atoms with van der Waals surface area (Å²) in [5.74, 6) is -0.258. The first-order valence-corrected chi connectivity index (χ1v) is 11.3. The molecule has 3 aromatic heterocycles. The van der Waals surface area contributed by atoms with Crippen molar-refractivity contribution < 1.29 is 8.78 Å². The molecule has 170 valence electrons. The minimum atomic E-state index is -0.717. The van der Waals surface area contributed by atoms with E-state index in [1.807, 2.05) is 10.9 Å². The minimum absolute atomic E-state index is 0.0449. The van der Waals surface area contributed by atoms with Crippen LogP contribution in [-0.2, 0) is 0 Å². The van der Waals surface area contributed by atoms with Crippen LogP contribution in [0.2, 0.25) is 0 Å². The maximum Gasteiger partial charge on any atom is 0.232 e. The lowest BCUT2D eigenvalue weighted by molar-refractivity contribution is 0.174. The summed E-state index contributed by atoms with van der Waals surface area (Å²) < 4.78 is 32.2. The van der Waals surface area contributed by atoms with Crippen LogP contribution in [0.25, 0.3) is 17.0 Å². The maximum atomic E-state index is 14.4. The summed E-state index contributed by atoms with van der Waals surface area (Å²) in [7, 11) is 0. The lowest BCUT2D eigenvalue weighted by Crippen LogP contribution is -2.36. The zero-order chi connectivity index (χ0) is 22.4. The Labute approximate surface area is 189 Å². The summed E-state index contributed by atoms with van der Waals surface area (Å²) in [5, 5.41) is 12.0. The number of fused-ring (bicyclic) bond motifs is 1. The van der Waals surface area contributed by atoms with E-state index in [9.17, 15) is 8.78 Å². The molecule has 0 bridgehead atoms. The molecule has 1 saturated heterocycles. The summed E-state index contributed by atoms with van der Waals surface area (Å²) in [6.07, 6.45) is 10.1. The average Bonchev–Trinajstić information content (AvgIpc) is 3.29. The van der Waals surface area contributed by atoms with Gasteiger partial charge in [-0.3, -0.25) is 4.68 Å². The highest BCUT2D eigenvalue weighted by atomic mass is 19.1. The van der Waals surface area contributed by atoms with Crippen molar-refractivity contribution >= 4 is 17.3 Å². The number of likely N-dealkylation sites (tertiary alicyclic amines) is 1. The molecule has 0 unspecified atom stereocenters. The fourth-order valence-corrected chi connectivity index (χ4v) is 4.49. The second-order valence-electron chi connectivity index (χ2n) is 8.88. The summed E-state index contributed by atoms with van der Waals surface area (Å²) in [6.45, 7) is 3.43. The fourth-order valence-electron chi connectivity index (χ4n) is 4.49. The SMILES string of the molecule is Fc1cccc(F)c1-c1nc(Nc2cnn(C3CCN(CC4CC4)CC3)c2)n2nccc2n1. The second-order valence-corrected chi connectivity index (χ2v) is 8.88. The molecule has 0 amide bonds. The Morgan fingerprint density at radius 3 is 2.52 bits per heavy atom. The Morgan fingerprint density at radius 1 is 0.970 bits per heavy atom. The first kappa shape index (κ1) is 20.2.